The summed E-state index contributed by atoms with van der Waals surface area (Å²) < 4.78 is 0. The molecule has 0 amide bonds. The van der Waals surface area contributed by atoms with Crippen LogP contribution in [0.5, 0.6) is 0 Å². The molecule has 1 N–H and O–H groups in total. The van der Waals surface area contributed by atoms with Gasteiger partial charge in [0, 0.05) is 17.3 Å². The van der Waals surface area contributed by atoms with Crippen LogP contribution in [0.2, 0.25) is 0 Å². The smallest absolute Gasteiger partial charge is 0.0962 e. The topological polar surface area (TPSA) is 24.9 Å². The van der Waals surface area contributed by atoms with Gasteiger partial charge in [-0.2, -0.15) is 0 Å². The molecule has 0 aromatic carbocycles. The van der Waals surface area contributed by atoms with Gasteiger partial charge in [-0.05, 0) is 44.1 Å². The fraction of sp³-hybridized carbons (Fsp3) is 0.824. The van der Waals surface area contributed by atoms with Gasteiger partial charge in [0.2, 0.25) is 0 Å². The molecule has 0 radical (unpaired) electrons. The number of thiazole rings is 1. The third-order valence-electron chi connectivity index (χ3n) is 4.15. The van der Waals surface area contributed by atoms with Crippen LogP contribution in [0.15, 0.2) is 0 Å². The quantitative estimate of drug-likeness (QED) is 0.734. The lowest BCUT2D eigenvalue weighted by Gasteiger charge is -2.05. The van der Waals surface area contributed by atoms with Crippen LogP contribution < -0.4 is 5.32 Å². The molecule has 20 heavy (non-hydrogen) atoms. The second kappa shape index (κ2) is 7.56. The summed E-state index contributed by atoms with van der Waals surface area (Å²) in [7, 11) is 0. The lowest BCUT2D eigenvalue weighted by molar-refractivity contribution is 0.592. The zero-order valence-corrected chi connectivity index (χ0v) is 14.4. The molecule has 0 saturated heterocycles. The van der Waals surface area contributed by atoms with Crippen molar-refractivity contribution < 1.29 is 0 Å². The average molecular weight is 295 g/mol. The van der Waals surface area contributed by atoms with Crippen molar-refractivity contribution >= 4 is 11.3 Å². The predicted molar refractivity (Wildman–Crippen MR) is 88.4 cm³/mol. The fourth-order valence-electron chi connectivity index (χ4n) is 3.07. The molecule has 0 spiro atoms. The first kappa shape index (κ1) is 16.0. The number of nitrogens with zero attached hydrogens (tertiary/aromatic N) is 1. The van der Waals surface area contributed by atoms with Crippen molar-refractivity contribution in [1.29, 1.82) is 0 Å². The highest BCUT2D eigenvalue weighted by Gasteiger charge is 2.26. The summed E-state index contributed by atoms with van der Waals surface area (Å²) in [6, 6.07) is 0. The highest BCUT2D eigenvalue weighted by molar-refractivity contribution is 7.11. The number of nitrogens with one attached hydrogen (secondary N) is 1. The van der Waals surface area contributed by atoms with Gasteiger partial charge in [-0.25, -0.2) is 4.98 Å². The molecular formula is C17H30N2S. The molecule has 1 saturated carbocycles. The minimum absolute atomic E-state index is 0.692. The first-order valence-corrected chi connectivity index (χ1v) is 9.11. The van der Waals surface area contributed by atoms with E-state index in [-0.39, 0.29) is 0 Å². The minimum atomic E-state index is 0.692. The van der Waals surface area contributed by atoms with Crippen LogP contribution in [0, 0.1) is 11.8 Å². The molecular weight excluding hydrogens is 264 g/mol. The molecule has 0 aliphatic heterocycles. The van der Waals surface area contributed by atoms with Crippen molar-refractivity contribution in [3.05, 3.63) is 15.6 Å². The average Bonchev–Trinajstić information content (AvgIpc) is 2.96. The van der Waals surface area contributed by atoms with Crippen LogP contribution in [0.4, 0.5) is 0 Å². The maximum atomic E-state index is 5.02. The summed E-state index contributed by atoms with van der Waals surface area (Å²) in [5.41, 5.74) is 1.36. The molecule has 2 atom stereocenters. The number of aromatic nitrogens is 1. The molecule has 0 bridgehead atoms. The van der Waals surface area contributed by atoms with Crippen molar-refractivity contribution in [1.82, 2.24) is 10.3 Å². The first-order chi connectivity index (χ1) is 9.60. The Balaban J connectivity index is 2.08. The Morgan fingerprint density at radius 2 is 2.15 bits per heavy atom. The third-order valence-corrected chi connectivity index (χ3v) is 5.41. The van der Waals surface area contributed by atoms with Crippen LogP contribution in [0.3, 0.4) is 0 Å². The largest absolute Gasteiger partial charge is 0.312 e. The fourth-order valence-corrected chi connectivity index (χ4v) is 4.28. The molecule has 1 fully saturated rings. The lowest BCUT2D eigenvalue weighted by atomic mass is 10.1. The second-order valence-corrected chi connectivity index (χ2v) is 7.93. The van der Waals surface area contributed by atoms with Gasteiger partial charge in [-0.3, -0.25) is 0 Å². The molecule has 2 unspecified atom stereocenters. The Kier molecular flexibility index (Phi) is 6.03. The maximum Gasteiger partial charge on any atom is 0.0962 e. The summed E-state index contributed by atoms with van der Waals surface area (Å²) in [5, 5.41) is 4.96. The number of hydrogen-bond donors (Lipinski definition) is 1. The lowest BCUT2D eigenvalue weighted by Crippen LogP contribution is -2.14. The standard InChI is InChI=1S/C17H30N2S/c1-5-8-18-11-16-15(9-12(2)3)19-17(20-16)14-7-6-13(4)10-14/h12-14,18H,5-11H2,1-4H3. The van der Waals surface area contributed by atoms with Gasteiger partial charge in [-0.15, -0.1) is 11.3 Å². The minimum Gasteiger partial charge on any atom is -0.312 e. The summed E-state index contributed by atoms with van der Waals surface area (Å²) in [4.78, 5) is 6.51. The molecule has 1 aromatic heterocycles. The van der Waals surface area contributed by atoms with Gasteiger partial charge in [-0.1, -0.05) is 34.1 Å². The van der Waals surface area contributed by atoms with E-state index in [0.29, 0.717) is 5.92 Å². The molecule has 1 aliphatic carbocycles. The number of hydrogen-bond acceptors (Lipinski definition) is 3. The van der Waals surface area contributed by atoms with E-state index in [1.54, 1.807) is 0 Å². The van der Waals surface area contributed by atoms with Gasteiger partial charge in [0.05, 0.1) is 10.7 Å². The Morgan fingerprint density at radius 3 is 2.75 bits per heavy atom. The zero-order valence-electron chi connectivity index (χ0n) is 13.5. The zero-order chi connectivity index (χ0) is 14.5. The van der Waals surface area contributed by atoms with Crippen molar-refractivity contribution in [3.63, 3.8) is 0 Å². The normalized spacial score (nSPS) is 22.9. The predicted octanol–water partition coefficient (Wildman–Crippen LogP) is 4.74. The van der Waals surface area contributed by atoms with E-state index in [9.17, 15) is 0 Å². The van der Waals surface area contributed by atoms with Crippen molar-refractivity contribution in [2.45, 2.75) is 72.3 Å². The molecule has 114 valence electrons. The first-order valence-electron chi connectivity index (χ1n) is 8.29. The summed E-state index contributed by atoms with van der Waals surface area (Å²) in [6.07, 6.45) is 6.40. The van der Waals surface area contributed by atoms with E-state index in [2.05, 4.69) is 33.0 Å². The van der Waals surface area contributed by atoms with E-state index in [0.717, 1.165) is 31.3 Å². The molecule has 1 aliphatic rings. The van der Waals surface area contributed by atoms with E-state index < -0.39 is 0 Å². The second-order valence-electron chi connectivity index (χ2n) is 6.81. The molecule has 2 nitrogen and oxygen atoms in total. The Labute approximate surface area is 128 Å². The molecule has 1 heterocycles. The van der Waals surface area contributed by atoms with Crippen LogP contribution >= 0.6 is 11.3 Å². The molecule has 1 aromatic rings. The summed E-state index contributed by atoms with van der Waals surface area (Å²) in [6.45, 7) is 11.3. The monoisotopic (exact) mass is 294 g/mol. The van der Waals surface area contributed by atoms with Crippen molar-refractivity contribution in [2.24, 2.45) is 11.8 Å². The van der Waals surface area contributed by atoms with Crippen LogP contribution in [0.25, 0.3) is 0 Å². The third kappa shape index (κ3) is 4.29. The highest BCUT2D eigenvalue weighted by Crippen LogP contribution is 2.40. The Morgan fingerprint density at radius 1 is 1.35 bits per heavy atom. The molecule has 3 heteroatoms. The van der Waals surface area contributed by atoms with Crippen molar-refractivity contribution in [2.75, 3.05) is 6.54 Å². The Hall–Kier alpha value is -0.410. The van der Waals surface area contributed by atoms with Crippen molar-refractivity contribution in [3.8, 4) is 0 Å². The van der Waals surface area contributed by atoms with Gasteiger partial charge >= 0.3 is 0 Å². The van der Waals surface area contributed by atoms with E-state index >= 15 is 0 Å². The SMILES string of the molecule is CCCNCc1sc(C2CCC(C)C2)nc1CC(C)C. The van der Waals surface area contributed by atoms with Gasteiger partial charge in [0.1, 0.15) is 0 Å². The Bertz CT molecular complexity index is 411. The van der Waals surface area contributed by atoms with E-state index in [1.165, 1.54) is 41.3 Å². The van der Waals surface area contributed by atoms with Gasteiger partial charge in [0.15, 0.2) is 0 Å². The number of rotatable bonds is 7. The van der Waals surface area contributed by atoms with E-state index in [4.69, 9.17) is 4.98 Å². The summed E-state index contributed by atoms with van der Waals surface area (Å²) >= 11 is 1.98. The van der Waals surface area contributed by atoms with Gasteiger partial charge < -0.3 is 5.32 Å². The molecule has 2 rings (SSSR count). The van der Waals surface area contributed by atoms with Crippen LogP contribution in [-0.2, 0) is 13.0 Å². The van der Waals surface area contributed by atoms with Crippen LogP contribution in [0.1, 0.15) is 74.9 Å². The van der Waals surface area contributed by atoms with Crippen LogP contribution in [-0.4, -0.2) is 11.5 Å². The summed E-state index contributed by atoms with van der Waals surface area (Å²) in [5.74, 6) is 2.32. The highest BCUT2D eigenvalue weighted by atomic mass is 32.1. The maximum absolute atomic E-state index is 5.02. The van der Waals surface area contributed by atoms with Gasteiger partial charge in [0.25, 0.3) is 0 Å². The van der Waals surface area contributed by atoms with E-state index in [1.807, 2.05) is 11.3 Å².